The third-order valence-corrected chi connectivity index (χ3v) is 5.06. The summed E-state index contributed by atoms with van der Waals surface area (Å²) in [5, 5.41) is 12.2. The molecule has 0 aliphatic heterocycles. The van der Waals surface area contributed by atoms with Crippen LogP contribution in [0.1, 0.15) is 18.4 Å². The summed E-state index contributed by atoms with van der Waals surface area (Å²) in [5.74, 6) is -0.0346. The number of carbonyl (C=O) groups excluding carboxylic acids is 1. The lowest BCUT2D eigenvalue weighted by molar-refractivity contribution is -0.115. The summed E-state index contributed by atoms with van der Waals surface area (Å²) in [6.45, 7) is 3.88. The molecule has 0 aliphatic rings. The summed E-state index contributed by atoms with van der Waals surface area (Å²) in [6, 6.07) is 7.07. The molecule has 0 saturated carbocycles. The predicted molar refractivity (Wildman–Crippen MR) is 84.7 cm³/mol. The van der Waals surface area contributed by atoms with Crippen molar-refractivity contribution >= 4 is 46.3 Å². The van der Waals surface area contributed by atoms with Crippen LogP contribution >= 0.6 is 34.7 Å². The van der Waals surface area contributed by atoms with Crippen LogP contribution in [0.25, 0.3) is 0 Å². The SMILES string of the molecule is CC[C@H](Sc1nnc(C)s1)C(=O)Nc1ccc(Cl)cc1. The number of rotatable bonds is 5. The minimum atomic E-state index is -0.182. The molecule has 1 heterocycles. The fraction of sp³-hybridized carbons (Fsp3) is 0.308. The number of benzene rings is 1. The van der Waals surface area contributed by atoms with Crippen molar-refractivity contribution in [3.8, 4) is 0 Å². The largest absolute Gasteiger partial charge is 0.325 e. The van der Waals surface area contributed by atoms with Gasteiger partial charge in [0.1, 0.15) is 5.01 Å². The summed E-state index contributed by atoms with van der Waals surface area (Å²) in [7, 11) is 0. The molecular formula is C13H14ClN3OS2. The average molecular weight is 328 g/mol. The van der Waals surface area contributed by atoms with Crippen molar-refractivity contribution in [3.05, 3.63) is 34.3 Å². The molecule has 0 saturated heterocycles. The molecule has 1 amide bonds. The van der Waals surface area contributed by atoms with Gasteiger partial charge in [0.25, 0.3) is 0 Å². The highest BCUT2D eigenvalue weighted by molar-refractivity contribution is 8.02. The van der Waals surface area contributed by atoms with Crippen LogP contribution in [0.15, 0.2) is 28.6 Å². The average Bonchev–Trinajstić information content (AvgIpc) is 2.84. The third kappa shape index (κ3) is 4.19. The number of aryl methyl sites for hydroxylation is 1. The molecule has 2 aromatic rings. The fourth-order valence-corrected chi connectivity index (χ4v) is 3.63. The number of nitrogens with one attached hydrogen (secondary N) is 1. The molecular weight excluding hydrogens is 314 g/mol. The molecule has 0 unspecified atom stereocenters. The van der Waals surface area contributed by atoms with E-state index in [0.717, 1.165) is 21.5 Å². The number of amides is 1. The van der Waals surface area contributed by atoms with E-state index in [1.54, 1.807) is 24.3 Å². The van der Waals surface area contributed by atoms with Crippen molar-refractivity contribution in [2.24, 2.45) is 0 Å². The molecule has 0 fully saturated rings. The molecule has 1 aromatic carbocycles. The first-order valence-electron chi connectivity index (χ1n) is 6.11. The van der Waals surface area contributed by atoms with Crippen molar-refractivity contribution in [1.82, 2.24) is 10.2 Å². The molecule has 0 spiro atoms. The first kappa shape index (κ1) is 15.3. The molecule has 0 bridgehead atoms. The minimum Gasteiger partial charge on any atom is -0.325 e. The molecule has 0 radical (unpaired) electrons. The molecule has 1 aromatic heterocycles. The second kappa shape index (κ2) is 7.06. The van der Waals surface area contributed by atoms with E-state index in [0.29, 0.717) is 5.02 Å². The Kier molecular flexibility index (Phi) is 5.39. The van der Waals surface area contributed by atoms with Crippen molar-refractivity contribution in [2.75, 3.05) is 5.32 Å². The predicted octanol–water partition coefficient (Wildman–Crippen LogP) is 4.01. The number of halogens is 1. The summed E-state index contributed by atoms with van der Waals surface area (Å²) in [4.78, 5) is 12.2. The van der Waals surface area contributed by atoms with Crippen LogP contribution in [-0.2, 0) is 4.79 Å². The van der Waals surface area contributed by atoms with E-state index in [1.807, 2.05) is 13.8 Å². The van der Waals surface area contributed by atoms with Crippen LogP contribution in [-0.4, -0.2) is 21.4 Å². The second-order valence-corrected chi connectivity index (χ2v) is 7.17. The van der Waals surface area contributed by atoms with Crippen molar-refractivity contribution < 1.29 is 4.79 Å². The molecule has 106 valence electrons. The molecule has 0 aliphatic carbocycles. The molecule has 1 N–H and O–H groups in total. The molecule has 20 heavy (non-hydrogen) atoms. The Morgan fingerprint density at radius 1 is 1.40 bits per heavy atom. The fourth-order valence-electron chi connectivity index (χ4n) is 1.53. The van der Waals surface area contributed by atoms with Crippen LogP contribution in [0.3, 0.4) is 0 Å². The second-order valence-electron chi connectivity index (χ2n) is 4.10. The highest BCUT2D eigenvalue weighted by atomic mass is 35.5. The Bertz CT molecular complexity index is 586. The van der Waals surface area contributed by atoms with E-state index in [1.165, 1.54) is 23.1 Å². The van der Waals surface area contributed by atoms with Gasteiger partial charge in [-0.15, -0.1) is 10.2 Å². The van der Waals surface area contributed by atoms with E-state index < -0.39 is 0 Å². The zero-order valence-electron chi connectivity index (χ0n) is 11.1. The van der Waals surface area contributed by atoms with E-state index in [9.17, 15) is 4.79 Å². The molecule has 7 heteroatoms. The smallest absolute Gasteiger partial charge is 0.237 e. The topological polar surface area (TPSA) is 54.9 Å². The van der Waals surface area contributed by atoms with Crippen molar-refractivity contribution in [3.63, 3.8) is 0 Å². The number of aromatic nitrogens is 2. The van der Waals surface area contributed by atoms with Gasteiger partial charge in [-0.3, -0.25) is 4.79 Å². The van der Waals surface area contributed by atoms with Crippen LogP contribution < -0.4 is 5.32 Å². The van der Waals surface area contributed by atoms with E-state index in [4.69, 9.17) is 11.6 Å². The monoisotopic (exact) mass is 327 g/mol. The Morgan fingerprint density at radius 3 is 2.65 bits per heavy atom. The minimum absolute atomic E-state index is 0.0346. The number of hydrogen-bond acceptors (Lipinski definition) is 5. The van der Waals surface area contributed by atoms with Crippen LogP contribution in [0, 0.1) is 6.92 Å². The van der Waals surface area contributed by atoms with Crippen molar-refractivity contribution in [1.29, 1.82) is 0 Å². The van der Waals surface area contributed by atoms with Crippen LogP contribution in [0.4, 0.5) is 5.69 Å². The van der Waals surface area contributed by atoms with E-state index in [-0.39, 0.29) is 11.2 Å². The number of anilines is 1. The number of hydrogen-bond donors (Lipinski definition) is 1. The zero-order chi connectivity index (χ0) is 14.5. The first-order valence-corrected chi connectivity index (χ1v) is 8.19. The maximum Gasteiger partial charge on any atom is 0.237 e. The van der Waals surface area contributed by atoms with Gasteiger partial charge in [0.2, 0.25) is 5.91 Å². The summed E-state index contributed by atoms with van der Waals surface area (Å²) < 4.78 is 0.820. The van der Waals surface area contributed by atoms with E-state index >= 15 is 0 Å². The highest BCUT2D eigenvalue weighted by Crippen LogP contribution is 2.28. The van der Waals surface area contributed by atoms with E-state index in [2.05, 4.69) is 15.5 Å². The standard InChI is InChI=1S/C13H14ClN3OS2/c1-3-11(20-13-17-16-8(2)19-13)12(18)15-10-6-4-9(14)5-7-10/h4-7,11H,3H2,1-2H3,(H,15,18)/t11-/m0/s1. The maximum atomic E-state index is 12.2. The molecule has 1 atom stereocenters. The number of nitrogens with zero attached hydrogens (tertiary/aromatic N) is 2. The summed E-state index contributed by atoms with van der Waals surface area (Å²) in [6.07, 6.45) is 0.725. The first-order chi connectivity index (χ1) is 9.58. The van der Waals surface area contributed by atoms with Gasteiger partial charge in [-0.2, -0.15) is 0 Å². The maximum absolute atomic E-state index is 12.2. The third-order valence-electron chi connectivity index (χ3n) is 2.53. The normalized spacial score (nSPS) is 12.2. The summed E-state index contributed by atoms with van der Waals surface area (Å²) >= 11 is 8.76. The number of thioether (sulfide) groups is 1. The Hall–Kier alpha value is -1.11. The van der Waals surface area contributed by atoms with Crippen molar-refractivity contribution in [2.45, 2.75) is 29.9 Å². The van der Waals surface area contributed by atoms with Crippen LogP contribution in [0.2, 0.25) is 5.02 Å². The quantitative estimate of drug-likeness (QED) is 0.843. The highest BCUT2D eigenvalue weighted by Gasteiger charge is 2.20. The van der Waals surface area contributed by atoms with Crippen LogP contribution in [0.5, 0.6) is 0 Å². The molecule has 2 rings (SSSR count). The Balaban J connectivity index is 2.00. The van der Waals surface area contributed by atoms with Gasteiger partial charge in [0.15, 0.2) is 4.34 Å². The number of carbonyl (C=O) groups is 1. The summed E-state index contributed by atoms with van der Waals surface area (Å²) in [5.41, 5.74) is 0.742. The Morgan fingerprint density at radius 2 is 2.10 bits per heavy atom. The Labute approximate surface area is 130 Å². The lowest BCUT2D eigenvalue weighted by atomic mass is 10.3. The molecule has 4 nitrogen and oxygen atoms in total. The van der Waals surface area contributed by atoms with Gasteiger partial charge in [-0.25, -0.2) is 0 Å². The van der Waals surface area contributed by atoms with Gasteiger partial charge < -0.3 is 5.32 Å². The van der Waals surface area contributed by atoms with Gasteiger partial charge in [0.05, 0.1) is 5.25 Å². The van der Waals surface area contributed by atoms with Gasteiger partial charge in [-0.05, 0) is 37.6 Å². The lowest BCUT2D eigenvalue weighted by Gasteiger charge is -2.13. The van der Waals surface area contributed by atoms with Gasteiger partial charge in [-0.1, -0.05) is 41.6 Å². The van der Waals surface area contributed by atoms with Gasteiger partial charge >= 0.3 is 0 Å². The zero-order valence-corrected chi connectivity index (χ0v) is 13.5. The lowest BCUT2D eigenvalue weighted by Crippen LogP contribution is -2.24. The van der Waals surface area contributed by atoms with Gasteiger partial charge in [0, 0.05) is 10.7 Å².